The van der Waals surface area contributed by atoms with E-state index in [1.54, 1.807) is 11.1 Å². The molecule has 3 rings (SSSR count). The zero-order valence-electron chi connectivity index (χ0n) is 17.9. The fourth-order valence-electron chi connectivity index (χ4n) is 3.40. The summed E-state index contributed by atoms with van der Waals surface area (Å²) in [6.45, 7) is 11.9. The molecular formula is C22H29N3O3S. The molecule has 1 fully saturated rings. The standard InChI is InChI=1S/C22H29N3O3S/c1-15-18(25(22(5,6)27-15)20(26)28-21(2,3)4)19-24-17(14-29-19)13-23-12-16-10-8-7-9-11-16/h7-11,13-15,18H,12H2,1-6H3/t15-,18+/m1/s1. The lowest BCUT2D eigenvalue weighted by Crippen LogP contribution is -2.47. The van der Waals surface area contributed by atoms with E-state index in [-0.39, 0.29) is 12.1 Å². The molecule has 0 spiro atoms. The number of carbonyl (C=O) groups excluding carboxylic acids is 1. The monoisotopic (exact) mass is 415 g/mol. The number of ether oxygens (including phenoxy) is 2. The predicted octanol–water partition coefficient (Wildman–Crippen LogP) is 5.20. The van der Waals surface area contributed by atoms with Crippen molar-refractivity contribution in [2.45, 2.75) is 71.6 Å². The Morgan fingerprint density at radius 3 is 2.69 bits per heavy atom. The molecule has 2 atom stereocenters. The van der Waals surface area contributed by atoms with Crippen LogP contribution in [0.5, 0.6) is 0 Å². The maximum absolute atomic E-state index is 12.9. The van der Waals surface area contributed by atoms with Crippen molar-refractivity contribution >= 4 is 23.6 Å². The van der Waals surface area contributed by atoms with Crippen LogP contribution in [0.25, 0.3) is 0 Å². The van der Waals surface area contributed by atoms with Gasteiger partial charge in [0.2, 0.25) is 0 Å². The van der Waals surface area contributed by atoms with Crippen molar-refractivity contribution in [3.63, 3.8) is 0 Å². The lowest BCUT2D eigenvalue weighted by atomic mass is 10.1. The summed E-state index contributed by atoms with van der Waals surface area (Å²) in [5.41, 5.74) is 0.568. The third-order valence-electron chi connectivity index (χ3n) is 4.50. The van der Waals surface area contributed by atoms with Crippen LogP contribution in [0.1, 0.15) is 63.8 Å². The Balaban J connectivity index is 1.78. The number of benzene rings is 1. The van der Waals surface area contributed by atoms with Crippen molar-refractivity contribution in [2.24, 2.45) is 4.99 Å². The van der Waals surface area contributed by atoms with Crippen molar-refractivity contribution < 1.29 is 14.3 Å². The van der Waals surface area contributed by atoms with E-state index in [9.17, 15) is 4.79 Å². The molecule has 7 heteroatoms. The highest BCUT2D eigenvalue weighted by Crippen LogP contribution is 2.43. The van der Waals surface area contributed by atoms with Crippen LogP contribution in [0.3, 0.4) is 0 Å². The first kappa shape index (κ1) is 21.5. The maximum atomic E-state index is 12.9. The van der Waals surface area contributed by atoms with Crippen molar-refractivity contribution in [2.75, 3.05) is 0 Å². The number of aromatic nitrogens is 1. The molecule has 1 aromatic carbocycles. The Morgan fingerprint density at radius 2 is 2.03 bits per heavy atom. The van der Waals surface area contributed by atoms with E-state index in [1.165, 1.54) is 11.3 Å². The summed E-state index contributed by atoms with van der Waals surface area (Å²) in [6.07, 6.45) is 1.18. The van der Waals surface area contributed by atoms with Crippen LogP contribution in [0.2, 0.25) is 0 Å². The lowest BCUT2D eigenvalue weighted by molar-refractivity contribution is -0.0757. The maximum Gasteiger partial charge on any atom is 0.413 e. The van der Waals surface area contributed by atoms with E-state index in [0.717, 1.165) is 16.3 Å². The Hall–Kier alpha value is -2.25. The largest absolute Gasteiger partial charge is 0.444 e. The number of hydrogen-bond donors (Lipinski definition) is 0. The highest BCUT2D eigenvalue weighted by atomic mass is 32.1. The summed E-state index contributed by atoms with van der Waals surface area (Å²) < 4.78 is 11.7. The molecule has 1 aliphatic rings. The van der Waals surface area contributed by atoms with Gasteiger partial charge in [0.15, 0.2) is 0 Å². The second-order valence-corrected chi connectivity index (χ2v) is 9.52. The molecule has 156 valence electrons. The summed E-state index contributed by atoms with van der Waals surface area (Å²) in [7, 11) is 0. The Bertz CT molecular complexity index is 871. The predicted molar refractivity (Wildman–Crippen MR) is 115 cm³/mol. The number of carbonyl (C=O) groups is 1. The van der Waals surface area contributed by atoms with Gasteiger partial charge in [0, 0.05) is 11.6 Å². The second kappa shape index (κ2) is 8.24. The van der Waals surface area contributed by atoms with Gasteiger partial charge in [0.05, 0.1) is 18.3 Å². The van der Waals surface area contributed by atoms with Crippen molar-refractivity contribution in [1.29, 1.82) is 0 Å². The van der Waals surface area contributed by atoms with Crippen LogP contribution in [-0.2, 0) is 16.0 Å². The highest BCUT2D eigenvalue weighted by Gasteiger charge is 2.51. The Kier molecular flexibility index (Phi) is 6.10. The van der Waals surface area contributed by atoms with Crippen LogP contribution in [0.4, 0.5) is 4.79 Å². The minimum Gasteiger partial charge on any atom is -0.444 e. The third-order valence-corrected chi connectivity index (χ3v) is 5.43. The first-order chi connectivity index (χ1) is 13.6. The first-order valence-corrected chi connectivity index (χ1v) is 10.6. The molecule has 1 aliphatic heterocycles. The number of nitrogens with zero attached hydrogens (tertiary/aromatic N) is 3. The average molecular weight is 416 g/mol. The summed E-state index contributed by atoms with van der Waals surface area (Å²) in [6, 6.07) is 9.77. The molecule has 2 aromatic rings. The van der Waals surface area contributed by atoms with Crippen LogP contribution in [-0.4, -0.2) is 39.6 Å². The minimum atomic E-state index is -0.778. The van der Waals surface area contributed by atoms with E-state index in [0.29, 0.717) is 6.54 Å². The van der Waals surface area contributed by atoms with Crippen LogP contribution in [0, 0.1) is 0 Å². The van der Waals surface area contributed by atoms with Gasteiger partial charge in [-0.2, -0.15) is 0 Å². The normalized spacial score (nSPS) is 21.7. The zero-order chi connectivity index (χ0) is 21.2. The molecule has 0 aliphatic carbocycles. The van der Waals surface area contributed by atoms with Gasteiger partial charge >= 0.3 is 6.09 Å². The van der Waals surface area contributed by atoms with Gasteiger partial charge in [-0.05, 0) is 47.1 Å². The lowest BCUT2D eigenvalue weighted by Gasteiger charge is -2.34. The third kappa shape index (κ3) is 5.22. The molecule has 1 aromatic heterocycles. The molecule has 1 saturated heterocycles. The number of amides is 1. The number of aliphatic imine (C=N–C) groups is 1. The molecule has 1 amide bonds. The topological polar surface area (TPSA) is 64.0 Å². The smallest absolute Gasteiger partial charge is 0.413 e. The van der Waals surface area contributed by atoms with E-state index in [1.807, 2.05) is 77.3 Å². The average Bonchev–Trinajstić information content (AvgIpc) is 3.15. The van der Waals surface area contributed by atoms with E-state index >= 15 is 0 Å². The van der Waals surface area contributed by atoms with Gasteiger partial charge < -0.3 is 9.47 Å². The molecule has 0 bridgehead atoms. The van der Waals surface area contributed by atoms with Crippen molar-refractivity contribution in [1.82, 2.24) is 9.88 Å². The van der Waals surface area contributed by atoms with E-state index in [2.05, 4.69) is 4.99 Å². The number of rotatable bonds is 4. The van der Waals surface area contributed by atoms with Gasteiger partial charge in [-0.3, -0.25) is 9.89 Å². The van der Waals surface area contributed by atoms with Crippen LogP contribution < -0.4 is 0 Å². The molecule has 2 heterocycles. The van der Waals surface area contributed by atoms with Gasteiger partial charge in [-0.15, -0.1) is 11.3 Å². The van der Waals surface area contributed by atoms with Crippen molar-refractivity contribution in [3.8, 4) is 0 Å². The summed E-state index contributed by atoms with van der Waals surface area (Å²) in [5.74, 6) is 0. The molecule has 6 nitrogen and oxygen atoms in total. The Labute approximate surface area is 176 Å². The quantitative estimate of drug-likeness (QED) is 0.644. The van der Waals surface area contributed by atoms with Crippen molar-refractivity contribution in [3.05, 3.63) is 52.0 Å². The van der Waals surface area contributed by atoms with Gasteiger partial charge in [-0.25, -0.2) is 9.78 Å². The fraction of sp³-hybridized carbons (Fsp3) is 0.500. The number of hydrogen-bond acceptors (Lipinski definition) is 6. The summed E-state index contributed by atoms with van der Waals surface area (Å²) in [4.78, 5) is 23.8. The SMILES string of the molecule is C[C@H]1OC(C)(C)N(C(=O)OC(C)(C)C)[C@@H]1c1nc(C=NCc2ccccc2)cs1. The van der Waals surface area contributed by atoms with Crippen LogP contribution >= 0.6 is 11.3 Å². The molecular weight excluding hydrogens is 386 g/mol. The van der Waals surface area contributed by atoms with E-state index < -0.39 is 17.4 Å². The summed E-state index contributed by atoms with van der Waals surface area (Å²) >= 11 is 1.50. The molecule has 0 N–H and O–H groups in total. The Morgan fingerprint density at radius 1 is 1.34 bits per heavy atom. The summed E-state index contributed by atoms with van der Waals surface area (Å²) in [5, 5.41) is 2.77. The number of thiazole rings is 1. The highest BCUT2D eigenvalue weighted by molar-refractivity contribution is 7.09. The first-order valence-electron chi connectivity index (χ1n) is 9.76. The molecule has 0 unspecified atom stereocenters. The fourth-order valence-corrected chi connectivity index (χ4v) is 4.35. The molecule has 29 heavy (non-hydrogen) atoms. The zero-order valence-corrected chi connectivity index (χ0v) is 18.7. The van der Waals surface area contributed by atoms with Gasteiger partial charge in [0.25, 0.3) is 0 Å². The van der Waals surface area contributed by atoms with Gasteiger partial charge in [0.1, 0.15) is 22.4 Å². The van der Waals surface area contributed by atoms with Crippen LogP contribution in [0.15, 0.2) is 40.7 Å². The minimum absolute atomic E-state index is 0.197. The van der Waals surface area contributed by atoms with Gasteiger partial charge in [-0.1, -0.05) is 30.3 Å². The second-order valence-electron chi connectivity index (χ2n) is 8.63. The van der Waals surface area contributed by atoms with E-state index in [4.69, 9.17) is 14.5 Å². The molecule has 0 saturated carbocycles. The molecule has 0 radical (unpaired) electrons.